The predicted molar refractivity (Wildman–Crippen MR) is 121 cm³/mol. The molecular formula is C23H15BrF3N3O4. The van der Waals surface area contributed by atoms with E-state index in [-0.39, 0.29) is 11.4 Å². The van der Waals surface area contributed by atoms with Gasteiger partial charge in [-0.1, -0.05) is 18.2 Å². The number of nitrogens with one attached hydrogen (secondary N) is 2. The molecule has 3 aromatic rings. The normalized spacial score (nSPS) is 11.2. The van der Waals surface area contributed by atoms with Crippen LogP contribution in [-0.2, 0) is 15.8 Å². The number of anilines is 1. The van der Waals surface area contributed by atoms with Gasteiger partial charge in [0, 0.05) is 10.2 Å². The Morgan fingerprint density at radius 2 is 1.62 bits per heavy atom. The zero-order chi connectivity index (χ0) is 24.7. The molecule has 2 N–H and O–H groups in total. The molecule has 0 bridgehead atoms. The first-order valence-electron chi connectivity index (χ1n) is 9.52. The largest absolute Gasteiger partial charge is 0.423 e. The summed E-state index contributed by atoms with van der Waals surface area (Å²) >= 11 is 3.28. The number of ether oxygens (including phenoxy) is 1. The molecule has 3 aromatic carbocycles. The van der Waals surface area contributed by atoms with Gasteiger partial charge in [0.15, 0.2) is 0 Å². The molecule has 2 amide bonds. The van der Waals surface area contributed by atoms with Crippen LogP contribution in [0.25, 0.3) is 0 Å². The number of carbonyl (C=O) groups excluding carboxylic acids is 3. The topological polar surface area (TPSA) is 96.9 Å². The van der Waals surface area contributed by atoms with E-state index in [0.29, 0.717) is 21.7 Å². The van der Waals surface area contributed by atoms with Crippen molar-refractivity contribution in [3.63, 3.8) is 0 Å². The third kappa shape index (κ3) is 6.75. The standard InChI is InChI=1S/C23H15BrF3N3O4/c24-19-7-2-1-6-18(19)22(33)34-17-10-8-14(9-11-17)13-28-30-21(32)20(31)29-16-5-3-4-15(12-16)23(25,26)27/h1-13H,(H,29,31)(H,30,32). The molecule has 0 aromatic heterocycles. The Labute approximate surface area is 199 Å². The van der Waals surface area contributed by atoms with Crippen LogP contribution in [0.2, 0.25) is 0 Å². The summed E-state index contributed by atoms with van der Waals surface area (Å²) in [5.41, 5.74) is 1.70. The molecular weight excluding hydrogens is 519 g/mol. The van der Waals surface area contributed by atoms with Gasteiger partial charge >= 0.3 is 24.0 Å². The van der Waals surface area contributed by atoms with Crippen LogP contribution in [-0.4, -0.2) is 24.0 Å². The average Bonchev–Trinajstić information content (AvgIpc) is 2.80. The third-order valence-electron chi connectivity index (χ3n) is 4.22. The van der Waals surface area contributed by atoms with Gasteiger partial charge in [-0.15, -0.1) is 0 Å². The highest BCUT2D eigenvalue weighted by molar-refractivity contribution is 9.10. The van der Waals surface area contributed by atoms with E-state index in [4.69, 9.17) is 4.74 Å². The van der Waals surface area contributed by atoms with Crippen molar-refractivity contribution in [2.24, 2.45) is 5.10 Å². The highest BCUT2D eigenvalue weighted by atomic mass is 79.9. The Hall–Kier alpha value is -3.99. The number of benzene rings is 3. The Morgan fingerprint density at radius 1 is 0.912 bits per heavy atom. The number of nitrogens with zero attached hydrogens (tertiary/aromatic N) is 1. The number of alkyl halides is 3. The number of amides is 2. The van der Waals surface area contributed by atoms with E-state index in [0.717, 1.165) is 12.1 Å². The van der Waals surface area contributed by atoms with Gasteiger partial charge in [-0.2, -0.15) is 18.3 Å². The van der Waals surface area contributed by atoms with Gasteiger partial charge in [0.1, 0.15) is 5.75 Å². The lowest BCUT2D eigenvalue weighted by Crippen LogP contribution is -2.32. The minimum absolute atomic E-state index is 0.188. The highest BCUT2D eigenvalue weighted by Crippen LogP contribution is 2.30. The van der Waals surface area contributed by atoms with Gasteiger partial charge in [0.05, 0.1) is 17.3 Å². The SMILES string of the molecule is O=C(NN=Cc1ccc(OC(=O)c2ccccc2Br)cc1)C(=O)Nc1cccc(C(F)(F)F)c1. The average molecular weight is 534 g/mol. The van der Waals surface area contributed by atoms with Crippen molar-refractivity contribution in [1.82, 2.24) is 5.43 Å². The van der Waals surface area contributed by atoms with E-state index in [1.54, 1.807) is 36.4 Å². The van der Waals surface area contributed by atoms with Gasteiger partial charge in [0.25, 0.3) is 0 Å². The highest BCUT2D eigenvalue weighted by Gasteiger charge is 2.30. The van der Waals surface area contributed by atoms with Gasteiger partial charge in [-0.25, -0.2) is 10.2 Å². The van der Waals surface area contributed by atoms with Crippen LogP contribution >= 0.6 is 15.9 Å². The van der Waals surface area contributed by atoms with Crippen LogP contribution in [0.1, 0.15) is 21.5 Å². The fourth-order valence-corrected chi connectivity index (χ4v) is 3.03. The number of rotatable bonds is 5. The summed E-state index contributed by atoms with van der Waals surface area (Å²) in [6.07, 6.45) is -3.35. The molecule has 3 rings (SSSR count). The monoisotopic (exact) mass is 533 g/mol. The summed E-state index contributed by atoms with van der Waals surface area (Å²) in [5, 5.41) is 5.70. The van der Waals surface area contributed by atoms with Crippen molar-refractivity contribution in [1.29, 1.82) is 0 Å². The second kappa shape index (κ2) is 10.8. The Bertz CT molecular complexity index is 1240. The van der Waals surface area contributed by atoms with E-state index in [2.05, 4.69) is 26.3 Å². The fraction of sp³-hybridized carbons (Fsp3) is 0.0435. The molecule has 0 unspecified atom stereocenters. The lowest BCUT2D eigenvalue weighted by atomic mass is 10.2. The summed E-state index contributed by atoms with van der Waals surface area (Å²) in [6.45, 7) is 0. The van der Waals surface area contributed by atoms with E-state index >= 15 is 0 Å². The molecule has 0 aliphatic rings. The zero-order valence-corrected chi connectivity index (χ0v) is 18.7. The van der Waals surface area contributed by atoms with E-state index in [1.807, 2.05) is 5.43 Å². The molecule has 0 heterocycles. The first-order valence-corrected chi connectivity index (χ1v) is 10.3. The van der Waals surface area contributed by atoms with Crippen LogP contribution in [0.5, 0.6) is 5.75 Å². The minimum atomic E-state index is -4.58. The summed E-state index contributed by atoms with van der Waals surface area (Å²) in [5.74, 6) is -2.63. The molecule has 11 heteroatoms. The Kier molecular flexibility index (Phi) is 7.79. The van der Waals surface area contributed by atoms with Crippen LogP contribution in [0.4, 0.5) is 18.9 Å². The minimum Gasteiger partial charge on any atom is -0.423 e. The van der Waals surface area contributed by atoms with Crippen molar-refractivity contribution >= 4 is 45.6 Å². The van der Waals surface area contributed by atoms with Gasteiger partial charge in [0.2, 0.25) is 0 Å². The van der Waals surface area contributed by atoms with Crippen LogP contribution < -0.4 is 15.5 Å². The smallest absolute Gasteiger partial charge is 0.416 e. The molecule has 0 aliphatic carbocycles. The first kappa shape index (κ1) is 24.6. The molecule has 0 saturated carbocycles. The molecule has 34 heavy (non-hydrogen) atoms. The molecule has 0 aliphatic heterocycles. The first-order chi connectivity index (χ1) is 16.1. The van der Waals surface area contributed by atoms with E-state index in [9.17, 15) is 27.6 Å². The quantitative estimate of drug-likeness (QED) is 0.162. The van der Waals surface area contributed by atoms with Crippen LogP contribution in [0, 0.1) is 0 Å². The van der Waals surface area contributed by atoms with Gasteiger partial charge < -0.3 is 10.1 Å². The number of hydrazone groups is 1. The van der Waals surface area contributed by atoms with E-state index in [1.165, 1.54) is 24.4 Å². The number of hydrogen-bond donors (Lipinski definition) is 2. The van der Waals surface area contributed by atoms with Crippen molar-refractivity contribution in [3.8, 4) is 5.75 Å². The zero-order valence-electron chi connectivity index (χ0n) is 17.1. The van der Waals surface area contributed by atoms with Crippen molar-refractivity contribution < 1.29 is 32.3 Å². The number of esters is 1. The number of hydrogen-bond acceptors (Lipinski definition) is 5. The maximum atomic E-state index is 12.7. The van der Waals surface area contributed by atoms with Crippen molar-refractivity contribution in [2.45, 2.75) is 6.18 Å². The predicted octanol–water partition coefficient (Wildman–Crippen LogP) is 4.78. The molecule has 0 fully saturated rings. The second-order valence-corrected chi connectivity index (χ2v) is 7.52. The molecule has 0 radical (unpaired) electrons. The Morgan fingerprint density at radius 3 is 2.29 bits per heavy atom. The van der Waals surface area contributed by atoms with Crippen LogP contribution in [0.15, 0.2) is 82.4 Å². The molecule has 7 nitrogen and oxygen atoms in total. The number of carbonyl (C=O) groups is 3. The number of halogens is 4. The molecule has 0 saturated heterocycles. The van der Waals surface area contributed by atoms with Gasteiger partial charge in [-0.05, 0) is 76.1 Å². The molecule has 0 atom stereocenters. The fourth-order valence-electron chi connectivity index (χ4n) is 2.59. The lowest BCUT2D eigenvalue weighted by Gasteiger charge is -2.09. The molecule has 0 spiro atoms. The summed E-state index contributed by atoms with van der Waals surface area (Å²) in [4.78, 5) is 35.9. The Balaban J connectivity index is 1.53. The lowest BCUT2D eigenvalue weighted by molar-refractivity contribution is -0.137. The molecule has 174 valence electrons. The third-order valence-corrected chi connectivity index (χ3v) is 4.91. The van der Waals surface area contributed by atoms with Crippen LogP contribution in [0.3, 0.4) is 0 Å². The maximum absolute atomic E-state index is 12.7. The van der Waals surface area contributed by atoms with Crippen molar-refractivity contribution in [3.05, 3.63) is 94.0 Å². The maximum Gasteiger partial charge on any atom is 0.416 e. The summed E-state index contributed by atoms with van der Waals surface area (Å²) < 4.78 is 44.1. The van der Waals surface area contributed by atoms with E-state index < -0.39 is 29.5 Å². The van der Waals surface area contributed by atoms with Gasteiger partial charge in [-0.3, -0.25) is 9.59 Å². The second-order valence-electron chi connectivity index (χ2n) is 6.67. The summed E-state index contributed by atoms with van der Waals surface area (Å²) in [6, 6.07) is 16.8. The summed E-state index contributed by atoms with van der Waals surface area (Å²) in [7, 11) is 0. The van der Waals surface area contributed by atoms with Crippen molar-refractivity contribution in [2.75, 3.05) is 5.32 Å².